The Balaban J connectivity index is 1.76. The van der Waals surface area contributed by atoms with Crippen LogP contribution in [-0.4, -0.2) is 35.1 Å². The number of nitrogens with two attached hydrogens (primary N) is 1. The molecule has 2 aromatic rings. The highest BCUT2D eigenvalue weighted by Crippen LogP contribution is 2.35. The first-order chi connectivity index (χ1) is 11.1. The topological polar surface area (TPSA) is 103 Å². The van der Waals surface area contributed by atoms with Crippen molar-refractivity contribution < 1.29 is 14.3 Å². The van der Waals surface area contributed by atoms with Crippen LogP contribution in [0, 0.1) is 0 Å². The summed E-state index contributed by atoms with van der Waals surface area (Å²) in [6.07, 6.45) is 1.65. The van der Waals surface area contributed by atoms with Crippen LogP contribution in [0.1, 0.15) is 11.3 Å². The number of fused-ring (bicyclic) bond motifs is 1. The molecule has 0 unspecified atom stereocenters. The highest BCUT2D eigenvalue weighted by atomic mass is 16.5. The maximum atomic E-state index is 12.5. The summed E-state index contributed by atoms with van der Waals surface area (Å²) in [4.78, 5) is 22.2. The van der Waals surface area contributed by atoms with Crippen LogP contribution in [0.15, 0.2) is 24.4 Å². The van der Waals surface area contributed by atoms with Crippen LogP contribution in [0.2, 0.25) is 0 Å². The molecule has 3 rings (SSSR count). The number of urea groups is 1. The standard InChI is InChI=1S/C15H17N5O3/c1-22-12-5-3-4-10(13(12)23-2)19-15(21)20-7-9-6-17-14(16)18-11(9)8-20/h3-6H,7-8H2,1-2H3,(H,19,21)(H2,16,17,18). The summed E-state index contributed by atoms with van der Waals surface area (Å²) in [7, 11) is 3.07. The number of rotatable bonds is 3. The van der Waals surface area contributed by atoms with Gasteiger partial charge in [-0.05, 0) is 12.1 Å². The number of anilines is 2. The maximum absolute atomic E-state index is 12.5. The van der Waals surface area contributed by atoms with Gasteiger partial charge in [0.05, 0.1) is 38.7 Å². The van der Waals surface area contributed by atoms with Gasteiger partial charge in [0, 0.05) is 11.8 Å². The summed E-state index contributed by atoms with van der Waals surface area (Å²) in [5.74, 6) is 1.23. The minimum atomic E-state index is -0.256. The highest BCUT2D eigenvalue weighted by Gasteiger charge is 2.26. The Bertz CT molecular complexity index is 750. The molecule has 1 aliphatic rings. The zero-order valence-electron chi connectivity index (χ0n) is 12.9. The zero-order valence-corrected chi connectivity index (χ0v) is 12.9. The number of aromatic nitrogens is 2. The monoisotopic (exact) mass is 315 g/mol. The number of hydrogen-bond donors (Lipinski definition) is 2. The fourth-order valence-corrected chi connectivity index (χ4v) is 2.49. The van der Waals surface area contributed by atoms with Gasteiger partial charge in [0.25, 0.3) is 0 Å². The van der Waals surface area contributed by atoms with Gasteiger partial charge in [0.15, 0.2) is 11.5 Å². The fraction of sp³-hybridized carbons (Fsp3) is 0.267. The Labute approximate surface area is 133 Å². The summed E-state index contributed by atoms with van der Waals surface area (Å²) in [5.41, 5.74) is 7.78. The van der Waals surface area contributed by atoms with E-state index in [0.29, 0.717) is 30.3 Å². The predicted molar refractivity (Wildman–Crippen MR) is 84.3 cm³/mol. The van der Waals surface area contributed by atoms with Crippen molar-refractivity contribution in [3.05, 3.63) is 35.7 Å². The Kier molecular flexibility index (Phi) is 3.88. The van der Waals surface area contributed by atoms with E-state index in [1.54, 1.807) is 36.4 Å². The summed E-state index contributed by atoms with van der Waals surface area (Å²) < 4.78 is 10.5. The lowest BCUT2D eigenvalue weighted by atomic mass is 10.2. The van der Waals surface area contributed by atoms with Crippen molar-refractivity contribution in [2.24, 2.45) is 0 Å². The largest absolute Gasteiger partial charge is 0.493 e. The molecule has 2 heterocycles. The average molecular weight is 315 g/mol. The van der Waals surface area contributed by atoms with E-state index in [2.05, 4.69) is 15.3 Å². The van der Waals surface area contributed by atoms with Crippen molar-refractivity contribution in [3.8, 4) is 11.5 Å². The second kappa shape index (κ2) is 5.99. The first-order valence-corrected chi connectivity index (χ1v) is 6.99. The van der Waals surface area contributed by atoms with Gasteiger partial charge in [-0.15, -0.1) is 0 Å². The molecular weight excluding hydrogens is 298 g/mol. The fourth-order valence-electron chi connectivity index (χ4n) is 2.49. The van der Waals surface area contributed by atoms with Crippen LogP contribution < -0.4 is 20.5 Å². The molecule has 0 bridgehead atoms. The van der Waals surface area contributed by atoms with E-state index < -0.39 is 0 Å². The number of nitrogen functional groups attached to an aromatic ring is 1. The normalized spacial score (nSPS) is 12.7. The van der Waals surface area contributed by atoms with Crippen LogP contribution in [0.5, 0.6) is 11.5 Å². The molecule has 0 fully saturated rings. The van der Waals surface area contributed by atoms with Crippen LogP contribution in [-0.2, 0) is 13.1 Å². The van der Waals surface area contributed by atoms with E-state index in [-0.39, 0.29) is 12.0 Å². The van der Waals surface area contributed by atoms with E-state index in [1.807, 2.05) is 0 Å². The van der Waals surface area contributed by atoms with Crippen molar-refractivity contribution in [3.63, 3.8) is 0 Å². The molecule has 0 atom stereocenters. The van der Waals surface area contributed by atoms with E-state index in [9.17, 15) is 4.79 Å². The summed E-state index contributed by atoms with van der Waals surface area (Å²) in [6.45, 7) is 0.827. The Morgan fingerprint density at radius 1 is 1.30 bits per heavy atom. The number of para-hydroxylation sites is 1. The number of amides is 2. The molecule has 1 aromatic carbocycles. The molecule has 1 aromatic heterocycles. The lowest BCUT2D eigenvalue weighted by Gasteiger charge is -2.18. The molecular formula is C15H17N5O3. The van der Waals surface area contributed by atoms with E-state index in [4.69, 9.17) is 15.2 Å². The lowest BCUT2D eigenvalue weighted by molar-refractivity contribution is 0.212. The van der Waals surface area contributed by atoms with Gasteiger partial charge in [-0.25, -0.2) is 14.8 Å². The van der Waals surface area contributed by atoms with Crippen LogP contribution >= 0.6 is 0 Å². The van der Waals surface area contributed by atoms with Gasteiger partial charge in [-0.3, -0.25) is 0 Å². The van der Waals surface area contributed by atoms with Gasteiger partial charge in [0.1, 0.15) is 0 Å². The zero-order chi connectivity index (χ0) is 16.4. The number of carbonyl (C=O) groups is 1. The van der Waals surface area contributed by atoms with Gasteiger partial charge in [0.2, 0.25) is 5.95 Å². The number of benzene rings is 1. The molecule has 0 spiro atoms. The number of nitrogens with one attached hydrogen (secondary N) is 1. The van der Waals surface area contributed by atoms with Crippen molar-refractivity contribution in [2.75, 3.05) is 25.3 Å². The Morgan fingerprint density at radius 3 is 2.87 bits per heavy atom. The average Bonchev–Trinajstić information content (AvgIpc) is 2.97. The van der Waals surface area contributed by atoms with Crippen LogP contribution in [0.3, 0.4) is 0 Å². The van der Waals surface area contributed by atoms with Gasteiger partial charge < -0.3 is 25.4 Å². The molecule has 0 saturated carbocycles. The van der Waals surface area contributed by atoms with Gasteiger partial charge in [-0.2, -0.15) is 0 Å². The molecule has 8 nitrogen and oxygen atoms in total. The molecule has 0 radical (unpaired) electrons. The van der Waals surface area contributed by atoms with Crippen molar-refractivity contribution in [1.82, 2.24) is 14.9 Å². The molecule has 1 aliphatic heterocycles. The first kappa shape index (κ1) is 14.9. The van der Waals surface area contributed by atoms with Crippen LogP contribution in [0.4, 0.5) is 16.4 Å². The summed E-state index contributed by atoms with van der Waals surface area (Å²) in [5, 5.41) is 2.83. The number of nitrogens with zero attached hydrogens (tertiary/aromatic N) is 3. The second-order valence-corrected chi connectivity index (χ2v) is 5.03. The third-order valence-corrected chi connectivity index (χ3v) is 3.61. The third kappa shape index (κ3) is 2.83. The van der Waals surface area contributed by atoms with Crippen molar-refractivity contribution >= 4 is 17.7 Å². The number of ether oxygens (including phenoxy) is 2. The second-order valence-electron chi connectivity index (χ2n) is 5.03. The van der Waals surface area contributed by atoms with Crippen LogP contribution in [0.25, 0.3) is 0 Å². The molecule has 23 heavy (non-hydrogen) atoms. The minimum Gasteiger partial charge on any atom is -0.493 e. The number of carbonyl (C=O) groups excluding carboxylic acids is 1. The molecule has 0 saturated heterocycles. The van der Waals surface area contributed by atoms with E-state index in [1.165, 1.54) is 7.11 Å². The number of methoxy groups -OCH3 is 2. The first-order valence-electron chi connectivity index (χ1n) is 6.99. The third-order valence-electron chi connectivity index (χ3n) is 3.61. The maximum Gasteiger partial charge on any atom is 0.322 e. The molecule has 120 valence electrons. The van der Waals surface area contributed by atoms with Gasteiger partial charge >= 0.3 is 6.03 Å². The predicted octanol–water partition coefficient (Wildman–Crippen LogP) is 1.62. The quantitative estimate of drug-likeness (QED) is 0.892. The summed E-state index contributed by atoms with van der Waals surface area (Å²) >= 11 is 0. The Morgan fingerprint density at radius 2 is 2.13 bits per heavy atom. The van der Waals surface area contributed by atoms with E-state index >= 15 is 0 Å². The minimum absolute atomic E-state index is 0.209. The Hall–Kier alpha value is -3.03. The lowest BCUT2D eigenvalue weighted by Crippen LogP contribution is -2.30. The molecule has 0 aliphatic carbocycles. The van der Waals surface area contributed by atoms with Gasteiger partial charge in [-0.1, -0.05) is 6.07 Å². The summed E-state index contributed by atoms with van der Waals surface area (Å²) in [6, 6.07) is 5.04. The number of hydrogen-bond acceptors (Lipinski definition) is 6. The van der Waals surface area contributed by atoms with Crippen molar-refractivity contribution in [1.29, 1.82) is 0 Å². The molecule has 8 heteroatoms. The highest BCUT2D eigenvalue weighted by molar-refractivity contribution is 5.92. The molecule has 3 N–H and O–H groups in total. The molecule has 2 amide bonds. The van der Waals surface area contributed by atoms with E-state index in [0.717, 1.165) is 11.3 Å². The van der Waals surface area contributed by atoms with Crippen molar-refractivity contribution in [2.45, 2.75) is 13.1 Å². The smallest absolute Gasteiger partial charge is 0.322 e. The SMILES string of the molecule is COc1cccc(NC(=O)N2Cc3cnc(N)nc3C2)c1OC.